The summed E-state index contributed by atoms with van der Waals surface area (Å²) in [5.41, 5.74) is 3.40. The summed E-state index contributed by atoms with van der Waals surface area (Å²) >= 11 is 3.38. The number of fused-ring (bicyclic) bond motifs is 1. The summed E-state index contributed by atoms with van der Waals surface area (Å²) < 4.78 is 0.870. The molecule has 4 aromatic rings. The van der Waals surface area contributed by atoms with Gasteiger partial charge in [0.1, 0.15) is 5.69 Å². The highest BCUT2D eigenvalue weighted by molar-refractivity contribution is 9.10. The SMILES string of the molecule is O=C(N[C@H](C(=O)NN=Cc1cccc(Br)c1)c1n[nH]c(=O)c2ccccc12)c1ccccc1. The minimum atomic E-state index is -1.21. The molecular formula is C24H18BrN5O3. The second-order valence-corrected chi connectivity index (χ2v) is 7.96. The first kappa shape index (κ1) is 22.1. The molecule has 0 fully saturated rings. The molecule has 0 unspecified atom stereocenters. The van der Waals surface area contributed by atoms with Crippen LogP contribution in [-0.4, -0.2) is 28.2 Å². The van der Waals surface area contributed by atoms with Crippen molar-refractivity contribution in [2.75, 3.05) is 0 Å². The van der Waals surface area contributed by atoms with E-state index in [1.807, 2.05) is 24.3 Å². The second kappa shape index (κ2) is 10.0. The number of aromatic amines is 1. The lowest BCUT2D eigenvalue weighted by Crippen LogP contribution is -2.40. The summed E-state index contributed by atoms with van der Waals surface area (Å²) in [4.78, 5) is 38.1. The van der Waals surface area contributed by atoms with Gasteiger partial charge in [-0.2, -0.15) is 10.2 Å². The van der Waals surface area contributed by atoms with Crippen LogP contribution in [0.2, 0.25) is 0 Å². The van der Waals surface area contributed by atoms with Gasteiger partial charge < -0.3 is 5.32 Å². The zero-order valence-electron chi connectivity index (χ0n) is 17.2. The molecule has 0 bridgehead atoms. The Hall–Kier alpha value is -4.11. The first-order valence-corrected chi connectivity index (χ1v) is 10.7. The van der Waals surface area contributed by atoms with Crippen LogP contribution in [0.1, 0.15) is 27.7 Å². The molecule has 2 amide bonds. The Morgan fingerprint density at radius 2 is 1.70 bits per heavy atom. The first-order valence-electron chi connectivity index (χ1n) is 9.94. The molecule has 0 saturated heterocycles. The number of hydrogen-bond acceptors (Lipinski definition) is 5. The van der Waals surface area contributed by atoms with Crippen molar-refractivity contribution in [1.29, 1.82) is 0 Å². The number of H-pyrrole nitrogens is 1. The zero-order valence-corrected chi connectivity index (χ0v) is 18.7. The summed E-state index contributed by atoms with van der Waals surface area (Å²) in [6.07, 6.45) is 1.48. The van der Waals surface area contributed by atoms with Crippen molar-refractivity contribution in [3.8, 4) is 0 Å². The van der Waals surface area contributed by atoms with Crippen molar-refractivity contribution < 1.29 is 9.59 Å². The number of carbonyl (C=O) groups excluding carboxylic acids is 2. The van der Waals surface area contributed by atoms with Crippen LogP contribution in [0.15, 0.2) is 93.2 Å². The van der Waals surface area contributed by atoms with Crippen LogP contribution in [0.5, 0.6) is 0 Å². The van der Waals surface area contributed by atoms with Crippen molar-refractivity contribution >= 4 is 44.7 Å². The molecule has 0 aliphatic rings. The van der Waals surface area contributed by atoms with Gasteiger partial charge in [0.05, 0.1) is 11.6 Å². The van der Waals surface area contributed by atoms with Crippen molar-refractivity contribution in [1.82, 2.24) is 20.9 Å². The van der Waals surface area contributed by atoms with Crippen molar-refractivity contribution in [3.05, 3.63) is 111 Å². The Kier molecular flexibility index (Phi) is 6.70. The number of nitrogens with one attached hydrogen (secondary N) is 3. The van der Waals surface area contributed by atoms with Gasteiger partial charge in [-0.3, -0.25) is 14.4 Å². The van der Waals surface area contributed by atoms with Crippen LogP contribution in [0, 0.1) is 0 Å². The predicted octanol–water partition coefficient (Wildman–Crippen LogP) is 3.31. The maximum absolute atomic E-state index is 13.1. The summed E-state index contributed by atoms with van der Waals surface area (Å²) in [5.74, 6) is -1.08. The molecule has 4 rings (SSSR count). The van der Waals surface area contributed by atoms with Gasteiger partial charge in [0, 0.05) is 15.4 Å². The molecule has 0 radical (unpaired) electrons. The van der Waals surface area contributed by atoms with Gasteiger partial charge in [-0.05, 0) is 35.9 Å². The number of hydrazone groups is 1. The number of halogens is 1. The quantitative estimate of drug-likeness (QED) is 0.276. The van der Waals surface area contributed by atoms with E-state index in [2.05, 4.69) is 42.0 Å². The van der Waals surface area contributed by atoms with Crippen molar-refractivity contribution in [2.24, 2.45) is 5.10 Å². The van der Waals surface area contributed by atoms with Crippen LogP contribution in [0.3, 0.4) is 0 Å². The molecule has 8 nitrogen and oxygen atoms in total. The van der Waals surface area contributed by atoms with Gasteiger partial charge >= 0.3 is 0 Å². The zero-order chi connectivity index (χ0) is 23.2. The Morgan fingerprint density at radius 3 is 2.45 bits per heavy atom. The highest BCUT2D eigenvalue weighted by Crippen LogP contribution is 2.20. The lowest BCUT2D eigenvalue weighted by molar-refractivity contribution is -0.123. The third-order valence-corrected chi connectivity index (χ3v) is 5.30. The molecule has 1 heterocycles. The number of rotatable bonds is 6. The van der Waals surface area contributed by atoms with Gasteiger partial charge in [-0.1, -0.05) is 64.5 Å². The van der Waals surface area contributed by atoms with E-state index in [9.17, 15) is 14.4 Å². The minimum Gasteiger partial charge on any atom is -0.335 e. The van der Waals surface area contributed by atoms with E-state index in [0.29, 0.717) is 16.3 Å². The standard InChI is InChI=1S/C24H18BrN5O3/c25-17-10-6-7-15(13-17)14-26-29-24(33)21(27-22(31)16-8-2-1-3-9-16)20-18-11-4-5-12-19(18)23(32)30-28-20/h1-14,21H,(H,27,31)(H,29,33)(H,30,32)/t21-/m0/s1. The van der Waals surface area contributed by atoms with E-state index in [-0.39, 0.29) is 5.69 Å². The molecule has 0 aliphatic heterocycles. The van der Waals surface area contributed by atoms with E-state index < -0.39 is 23.4 Å². The Morgan fingerprint density at radius 1 is 0.970 bits per heavy atom. The molecule has 3 aromatic carbocycles. The Balaban J connectivity index is 1.67. The normalized spacial score (nSPS) is 11.9. The predicted molar refractivity (Wildman–Crippen MR) is 129 cm³/mol. The van der Waals surface area contributed by atoms with E-state index in [1.165, 1.54) is 6.21 Å². The first-order chi connectivity index (χ1) is 16.0. The molecular weight excluding hydrogens is 486 g/mol. The number of nitrogens with zero attached hydrogens (tertiary/aromatic N) is 2. The van der Waals surface area contributed by atoms with Gasteiger partial charge in [-0.15, -0.1) is 0 Å². The average Bonchev–Trinajstić information content (AvgIpc) is 2.84. The number of benzene rings is 3. The van der Waals surface area contributed by atoms with Crippen LogP contribution in [0.25, 0.3) is 10.8 Å². The van der Waals surface area contributed by atoms with Gasteiger partial charge in [0.2, 0.25) is 0 Å². The lowest BCUT2D eigenvalue weighted by Gasteiger charge is -2.18. The summed E-state index contributed by atoms with van der Waals surface area (Å²) in [6, 6.07) is 21.4. The Labute approximate surface area is 196 Å². The lowest BCUT2D eigenvalue weighted by atomic mass is 10.0. The number of carbonyl (C=O) groups is 2. The minimum absolute atomic E-state index is 0.199. The molecule has 0 spiro atoms. The van der Waals surface area contributed by atoms with E-state index in [4.69, 9.17) is 0 Å². The monoisotopic (exact) mass is 503 g/mol. The van der Waals surface area contributed by atoms with Crippen LogP contribution in [0.4, 0.5) is 0 Å². The van der Waals surface area contributed by atoms with Crippen LogP contribution in [-0.2, 0) is 4.79 Å². The van der Waals surface area contributed by atoms with Crippen LogP contribution < -0.4 is 16.3 Å². The summed E-state index contributed by atoms with van der Waals surface area (Å²) in [6.45, 7) is 0. The van der Waals surface area contributed by atoms with Crippen LogP contribution >= 0.6 is 15.9 Å². The highest BCUT2D eigenvalue weighted by Gasteiger charge is 2.27. The molecule has 0 saturated carbocycles. The van der Waals surface area contributed by atoms with Gasteiger partial charge in [-0.25, -0.2) is 10.5 Å². The third kappa shape index (κ3) is 5.21. The van der Waals surface area contributed by atoms with E-state index >= 15 is 0 Å². The smallest absolute Gasteiger partial charge is 0.272 e. The maximum atomic E-state index is 13.1. The maximum Gasteiger partial charge on any atom is 0.272 e. The fraction of sp³-hybridized carbons (Fsp3) is 0.0417. The van der Waals surface area contributed by atoms with E-state index in [1.54, 1.807) is 54.6 Å². The van der Waals surface area contributed by atoms with Gasteiger partial charge in [0.15, 0.2) is 6.04 Å². The molecule has 1 atom stereocenters. The topological polar surface area (TPSA) is 116 Å². The molecule has 9 heteroatoms. The molecule has 164 valence electrons. The van der Waals surface area contributed by atoms with Crippen molar-refractivity contribution in [2.45, 2.75) is 6.04 Å². The highest BCUT2D eigenvalue weighted by atomic mass is 79.9. The summed E-state index contributed by atoms with van der Waals surface area (Å²) in [5, 5.41) is 14.0. The second-order valence-electron chi connectivity index (χ2n) is 7.05. The number of hydrogen-bond donors (Lipinski definition) is 3. The fourth-order valence-corrected chi connectivity index (χ4v) is 3.66. The average molecular weight is 504 g/mol. The van der Waals surface area contributed by atoms with E-state index in [0.717, 1.165) is 10.0 Å². The van der Waals surface area contributed by atoms with Crippen molar-refractivity contribution in [3.63, 3.8) is 0 Å². The fourth-order valence-electron chi connectivity index (χ4n) is 3.24. The number of amides is 2. The van der Waals surface area contributed by atoms with Gasteiger partial charge in [0.25, 0.3) is 17.4 Å². The molecule has 1 aromatic heterocycles. The Bertz CT molecular complexity index is 1400. The largest absolute Gasteiger partial charge is 0.335 e. The summed E-state index contributed by atoms with van der Waals surface area (Å²) in [7, 11) is 0. The molecule has 3 N–H and O–H groups in total. The third-order valence-electron chi connectivity index (χ3n) is 4.81. The molecule has 0 aliphatic carbocycles. The number of aromatic nitrogens is 2. The molecule has 33 heavy (non-hydrogen) atoms.